The Kier molecular flexibility index (Phi) is 11.9. The first-order chi connectivity index (χ1) is 27.5. The number of methoxy groups -OCH3 is 1. The summed E-state index contributed by atoms with van der Waals surface area (Å²) < 4.78 is 42.6. The molecule has 316 valence electrons. The number of phenolic OH excluding ortho intramolecular Hbond substituents is 2. The molecule has 3 heterocycles. The number of aliphatic hydroxyl groups excluding tert-OH is 1. The molecule has 3 saturated heterocycles. The van der Waals surface area contributed by atoms with Crippen LogP contribution in [-0.2, 0) is 42.7 Å². The van der Waals surface area contributed by atoms with Crippen molar-refractivity contribution in [3.8, 4) is 11.5 Å². The van der Waals surface area contributed by atoms with E-state index in [9.17, 15) is 39.6 Å². The monoisotopic (exact) mass is 811 g/mol. The first-order valence-electron chi connectivity index (χ1n) is 19.9. The SMILES string of the molecule is CC[C@@]1(O)C[C@H](O[C@H]2C[C@H](N(C)C)[C@H](O[C@H]3C[C@H](O)C(O[C@@H]4CCC(=O)[C@H](C)O4)[C@H](C)O3)[C@H](C)O2)c2c(cc3c(c2O)C(=O)c2c(O)cccc2C3=O)[C@H]1C(=O)OC. The van der Waals surface area contributed by atoms with Gasteiger partial charge in [-0.25, -0.2) is 0 Å². The van der Waals surface area contributed by atoms with E-state index in [1.807, 2.05) is 19.0 Å². The second-order valence-electron chi connectivity index (χ2n) is 16.3. The van der Waals surface area contributed by atoms with Crippen molar-refractivity contribution >= 4 is 23.3 Å². The Balaban J connectivity index is 1.13. The molecule has 0 saturated carbocycles. The number of hydrogen-bond acceptors (Lipinski definition) is 16. The molecule has 2 aliphatic carbocycles. The average Bonchev–Trinajstić information content (AvgIpc) is 3.17. The quantitative estimate of drug-likeness (QED) is 0.228. The van der Waals surface area contributed by atoms with Crippen LogP contribution in [0.4, 0.5) is 0 Å². The van der Waals surface area contributed by atoms with Crippen molar-refractivity contribution in [2.75, 3.05) is 21.2 Å². The summed E-state index contributed by atoms with van der Waals surface area (Å²) >= 11 is 0. The maximum Gasteiger partial charge on any atom is 0.316 e. The molecule has 1 unspecified atom stereocenters. The lowest BCUT2D eigenvalue weighted by Gasteiger charge is -2.48. The predicted octanol–water partition coefficient (Wildman–Crippen LogP) is 3.16. The Labute approximate surface area is 336 Å². The lowest BCUT2D eigenvalue weighted by Crippen LogP contribution is -2.58. The zero-order valence-corrected chi connectivity index (χ0v) is 33.7. The van der Waals surface area contributed by atoms with E-state index in [1.165, 1.54) is 31.4 Å². The third-order valence-electron chi connectivity index (χ3n) is 12.4. The highest BCUT2D eigenvalue weighted by Crippen LogP contribution is 2.54. The van der Waals surface area contributed by atoms with Gasteiger partial charge >= 0.3 is 5.97 Å². The molecule has 16 heteroatoms. The molecule has 0 aromatic heterocycles. The van der Waals surface area contributed by atoms with E-state index in [1.54, 1.807) is 27.7 Å². The number of likely N-dealkylation sites (N-methyl/N-ethyl adjacent to an activating group) is 1. The number of aliphatic hydroxyl groups is 2. The molecule has 2 aromatic rings. The van der Waals surface area contributed by atoms with Crippen molar-refractivity contribution < 1.29 is 72.8 Å². The number of hydrogen-bond donors (Lipinski definition) is 4. The van der Waals surface area contributed by atoms with Crippen molar-refractivity contribution in [3.05, 3.63) is 57.6 Å². The topological polar surface area (TPSA) is 217 Å². The molecule has 3 fully saturated rings. The molecule has 4 N–H and O–H groups in total. The number of ketones is 3. The number of nitrogens with zero attached hydrogens (tertiary/aromatic N) is 1. The number of Topliss-reactive ketones (excluding diaryl/α,β-unsaturated/α-hetero) is 1. The minimum Gasteiger partial charge on any atom is -0.507 e. The molecular formula is C42H53NO15. The number of benzene rings is 2. The van der Waals surface area contributed by atoms with E-state index in [-0.39, 0.29) is 70.9 Å². The minimum atomic E-state index is -1.76. The van der Waals surface area contributed by atoms with E-state index in [4.69, 9.17) is 33.2 Å². The third-order valence-corrected chi connectivity index (χ3v) is 12.4. The van der Waals surface area contributed by atoms with Crippen molar-refractivity contribution in [2.45, 2.75) is 145 Å². The van der Waals surface area contributed by atoms with Gasteiger partial charge in [-0.05, 0) is 59.0 Å². The first-order valence-corrected chi connectivity index (χ1v) is 19.9. The van der Waals surface area contributed by atoms with Crippen LogP contribution < -0.4 is 0 Å². The maximum absolute atomic E-state index is 13.9. The van der Waals surface area contributed by atoms with Gasteiger partial charge in [0.25, 0.3) is 0 Å². The lowest BCUT2D eigenvalue weighted by molar-refractivity contribution is -0.324. The molecule has 7 rings (SSSR count). The molecule has 0 bridgehead atoms. The van der Waals surface area contributed by atoms with E-state index in [0.717, 1.165) is 0 Å². The summed E-state index contributed by atoms with van der Waals surface area (Å²) in [4.78, 5) is 55.0. The first kappa shape index (κ1) is 42.3. The molecule has 13 atom stereocenters. The van der Waals surface area contributed by atoms with E-state index < -0.39 is 102 Å². The number of carbonyl (C=O) groups is 4. The average molecular weight is 812 g/mol. The van der Waals surface area contributed by atoms with Gasteiger partial charge in [0, 0.05) is 54.8 Å². The molecule has 3 aliphatic heterocycles. The Morgan fingerprint density at radius 1 is 0.897 bits per heavy atom. The fourth-order valence-electron chi connectivity index (χ4n) is 9.27. The highest BCUT2D eigenvalue weighted by molar-refractivity contribution is 6.30. The zero-order valence-electron chi connectivity index (χ0n) is 33.7. The van der Waals surface area contributed by atoms with Gasteiger partial charge in [0.1, 0.15) is 35.7 Å². The van der Waals surface area contributed by atoms with Crippen molar-refractivity contribution in [2.24, 2.45) is 0 Å². The number of rotatable bonds is 9. The smallest absolute Gasteiger partial charge is 0.316 e. The fraction of sp³-hybridized carbons (Fsp3) is 0.619. The predicted molar refractivity (Wildman–Crippen MR) is 201 cm³/mol. The number of ether oxygens (including phenoxy) is 7. The van der Waals surface area contributed by atoms with Gasteiger partial charge in [-0.1, -0.05) is 19.1 Å². The summed E-state index contributed by atoms with van der Waals surface area (Å²) in [6.07, 6.45) is -6.64. The lowest BCUT2D eigenvalue weighted by atomic mass is 9.67. The van der Waals surface area contributed by atoms with Gasteiger partial charge in [-0.3, -0.25) is 19.2 Å². The van der Waals surface area contributed by atoms with Crippen LogP contribution in [0.5, 0.6) is 11.5 Å². The van der Waals surface area contributed by atoms with Crippen LogP contribution in [0.3, 0.4) is 0 Å². The molecule has 0 spiro atoms. The zero-order chi connectivity index (χ0) is 42.0. The normalized spacial score (nSPS) is 36.3. The minimum absolute atomic E-state index is 0.00573. The fourth-order valence-corrected chi connectivity index (χ4v) is 9.27. The van der Waals surface area contributed by atoms with Gasteiger partial charge in [-0.2, -0.15) is 0 Å². The van der Waals surface area contributed by atoms with Crippen LogP contribution in [0.1, 0.15) is 121 Å². The highest BCUT2D eigenvalue weighted by atomic mass is 16.7. The van der Waals surface area contributed by atoms with Crippen molar-refractivity contribution in [1.29, 1.82) is 0 Å². The molecular weight excluding hydrogens is 758 g/mol. The van der Waals surface area contributed by atoms with Crippen LogP contribution in [-0.4, -0.2) is 137 Å². The number of aromatic hydroxyl groups is 2. The summed E-state index contributed by atoms with van der Waals surface area (Å²) in [5.41, 5.74) is -2.49. The van der Waals surface area contributed by atoms with Crippen LogP contribution in [0.15, 0.2) is 24.3 Å². The van der Waals surface area contributed by atoms with Crippen LogP contribution in [0, 0.1) is 0 Å². The van der Waals surface area contributed by atoms with Gasteiger partial charge in [0.15, 0.2) is 30.4 Å². The van der Waals surface area contributed by atoms with Crippen molar-refractivity contribution in [3.63, 3.8) is 0 Å². The van der Waals surface area contributed by atoms with Crippen LogP contribution in [0.2, 0.25) is 0 Å². The van der Waals surface area contributed by atoms with E-state index in [2.05, 4.69) is 0 Å². The molecule has 5 aliphatic rings. The third kappa shape index (κ3) is 7.47. The molecule has 58 heavy (non-hydrogen) atoms. The summed E-state index contributed by atoms with van der Waals surface area (Å²) in [5, 5.41) is 45.9. The van der Waals surface area contributed by atoms with Gasteiger partial charge in [0.05, 0.1) is 48.3 Å². The summed E-state index contributed by atoms with van der Waals surface area (Å²) in [6.45, 7) is 6.95. The van der Waals surface area contributed by atoms with Gasteiger partial charge in [0.2, 0.25) is 5.78 Å². The summed E-state index contributed by atoms with van der Waals surface area (Å²) in [7, 11) is 4.91. The van der Waals surface area contributed by atoms with Crippen molar-refractivity contribution in [1.82, 2.24) is 4.90 Å². The van der Waals surface area contributed by atoms with E-state index in [0.29, 0.717) is 12.8 Å². The Bertz CT molecular complexity index is 1940. The van der Waals surface area contributed by atoms with Gasteiger partial charge < -0.3 is 58.5 Å². The largest absolute Gasteiger partial charge is 0.507 e. The molecule has 0 amide bonds. The standard InChI is InChI=1S/C42H53NO15/c1-8-42(51)17-28(33-22(35(42)41(50)52-7)14-23-34(38(33)49)37(48)32-21(36(23)47)10-9-11-26(32)45)56-30-15-24(43(5)6)39(19(3)54-30)58-31-16-27(46)40(20(4)55-31)57-29-13-12-25(44)18(2)53-29/h9-11,14,18-20,24,27-31,35,39-40,45-46,49,51H,8,12-13,15-17H2,1-7H3/t18-,19-,20-,24-,27-,28-,29+,30-,31-,35-,39+,40?,42+/m0/s1. The Morgan fingerprint density at radius 3 is 2.21 bits per heavy atom. The number of fused-ring (bicyclic) bond motifs is 3. The van der Waals surface area contributed by atoms with Gasteiger partial charge in [-0.15, -0.1) is 0 Å². The van der Waals surface area contributed by atoms with E-state index >= 15 is 0 Å². The molecule has 2 aromatic carbocycles. The highest BCUT2D eigenvalue weighted by Gasteiger charge is 2.53. The van der Waals surface area contributed by atoms with Crippen LogP contribution >= 0.6 is 0 Å². The Morgan fingerprint density at radius 2 is 1.57 bits per heavy atom. The molecule has 0 radical (unpaired) electrons. The Hall–Kier alpha value is -3.84. The number of phenols is 2. The maximum atomic E-state index is 13.9. The summed E-state index contributed by atoms with van der Waals surface area (Å²) in [6, 6.07) is 5.11. The number of carbonyl (C=O) groups excluding carboxylic acids is 4. The second kappa shape index (κ2) is 16.3. The summed E-state index contributed by atoms with van der Waals surface area (Å²) in [5.74, 6) is -4.59. The number of esters is 1. The second-order valence-corrected chi connectivity index (χ2v) is 16.3. The van der Waals surface area contributed by atoms with Crippen LogP contribution in [0.25, 0.3) is 0 Å². The molecule has 16 nitrogen and oxygen atoms in total.